The standard InChI is InChI=1S/C26H46N4O3/c1-6-29(19(4)5)24(31)17-21-9-12-28(13-10-21)26(33)23(15-18(2)3)30-14-11-27-22(25(30)32)16-20-7-8-20/h18-23,27H,6-17H2,1-5H3/t22-,23-/m0/s1. The van der Waals surface area contributed by atoms with Gasteiger partial charge in [-0.3, -0.25) is 14.4 Å². The van der Waals surface area contributed by atoms with Gasteiger partial charge in [-0.15, -0.1) is 0 Å². The lowest BCUT2D eigenvalue weighted by Crippen LogP contribution is -2.62. The van der Waals surface area contributed by atoms with Crippen molar-refractivity contribution in [3.63, 3.8) is 0 Å². The van der Waals surface area contributed by atoms with Crippen LogP contribution in [0.2, 0.25) is 0 Å². The summed E-state index contributed by atoms with van der Waals surface area (Å²) < 4.78 is 0. The molecule has 3 rings (SSSR count). The number of nitrogens with one attached hydrogen (secondary N) is 1. The van der Waals surface area contributed by atoms with Gasteiger partial charge in [-0.2, -0.15) is 0 Å². The lowest BCUT2D eigenvalue weighted by molar-refractivity contribution is -0.150. The summed E-state index contributed by atoms with van der Waals surface area (Å²) in [5.74, 6) is 1.79. The van der Waals surface area contributed by atoms with Crippen LogP contribution in [0, 0.1) is 17.8 Å². The zero-order valence-electron chi connectivity index (χ0n) is 21.5. The van der Waals surface area contributed by atoms with Crippen LogP contribution in [0.4, 0.5) is 0 Å². The molecule has 0 bridgehead atoms. The second kappa shape index (κ2) is 11.7. The third-order valence-corrected chi connectivity index (χ3v) is 7.62. The molecule has 1 N–H and O–H groups in total. The lowest BCUT2D eigenvalue weighted by atomic mass is 9.91. The van der Waals surface area contributed by atoms with Gasteiger partial charge in [0.1, 0.15) is 6.04 Å². The Morgan fingerprint density at radius 2 is 1.70 bits per heavy atom. The van der Waals surface area contributed by atoms with Gasteiger partial charge < -0.3 is 20.0 Å². The molecule has 0 unspecified atom stereocenters. The molecule has 0 aromatic carbocycles. The van der Waals surface area contributed by atoms with Crippen molar-refractivity contribution in [1.82, 2.24) is 20.0 Å². The topological polar surface area (TPSA) is 73.0 Å². The van der Waals surface area contributed by atoms with Crippen LogP contribution < -0.4 is 5.32 Å². The molecule has 33 heavy (non-hydrogen) atoms. The maximum atomic E-state index is 13.6. The molecular weight excluding hydrogens is 416 g/mol. The van der Waals surface area contributed by atoms with Crippen LogP contribution in [0.15, 0.2) is 0 Å². The van der Waals surface area contributed by atoms with Crippen LogP contribution >= 0.6 is 0 Å². The van der Waals surface area contributed by atoms with Gasteiger partial charge in [-0.25, -0.2) is 0 Å². The van der Waals surface area contributed by atoms with Crippen molar-refractivity contribution in [3.8, 4) is 0 Å². The fraction of sp³-hybridized carbons (Fsp3) is 0.885. The number of rotatable bonds is 10. The summed E-state index contributed by atoms with van der Waals surface area (Å²) in [6.07, 6.45) is 6.36. The van der Waals surface area contributed by atoms with Gasteiger partial charge >= 0.3 is 0 Å². The van der Waals surface area contributed by atoms with E-state index >= 15 is 0 Å². The van der Waals surface area contributed by atoms with Crippen LogP contribution in [-0.4, -0.2) is 83.3 Å². The van der Waals surface area contributed by atoms with Crippen molar-refractivity contribution < 1.29 is 14.4 Å². The van der Waals surface area contributed by atoms with Gasteiger partial charge in [0.2, 0.25) is 17.7 Å². The highest BCUT2D eigenvalue weighted by Crippen LogP contribution is 2.34. The Hall–Kier alpha value is -1.63. The van der Waals surface area contributed by atoms with Crippen molar-refractivity contribution in [2.75, 3.05) is 32.7 Å². The summed E-state index contributed by atoms with van der Waals surface area (Å²) in [5, 5.41) is 3.39. The highest BCUT2D eigenvalue weighted by Gasteiger charge is 2.40. The summed E-state index contributed by atoms with van der Waals surface area (Å²) in [7, 11) is 0. The van der Waals surface area contributed by atoms with Gasteiger partial charge in [0, 0.05) is 45.2 Å². The van der Waals surface area contributed by atoms with Gasteiger partial charge in [-0.05, 0) is 64.2 Å². The minimum atomic E-state index is -0.365. The molecule has 3 fully saturated rings. The average molecular weight is 463 g/mol. The smallest absolute Gasteiger partial charge is 0.245 e. The zero-order valence-corrected chi connectivity index (χ0v) is 21.5. The summed E-state index contributed by atoms with van der Waals surface area (Å²) in [4.78, 5) is 45.3. The number of amides is 3. The molecule has 2 aliphatic heterocycles. The van der Waals surface area contributed by atoms with E-state index in [-0.39, 0.29) is 35.8 Å². The first-order chi connectivity index (χ1) is 15.7. The van der Waals surface area contributed by atoms with E-state index < -0.39 is 0 Å². The molecule has 2 atom stereocenters. The number of piperazine rings is 1. The molecule has 3 amide bonds. The van der Waals surface area contributed by atoms with Crippen LogP contribution in [-0.2, 0) is 14.4 Å². The molecule has 1 saturated carbocycles. The van der Waals surface area contributed by atoms with Crippen molar-refractivity contribution in [3.05, 3.63) is 0 Å². The van der Waals surface area contributed by atoms with Crippen LogP contribution in [0.1, 0.15) is 79.6 Å². The van der Waals surface area contributed by atoms with Crippen LogP contribution in [0.25, 0.3) is 0 Å². The van der Waals surface area contributed by atoms with E-state index in [1.54, 1.807) is 0 Å². The second-order valence-corrected chi connectivity index (χ2v) is 11.1. The average Bonchev–Trinajstić information content (AvgIpc) is 3.58. The number of hydrogen-bond acceptors (Lipinski definition) is 4. The zero-order chi connectivity index (χ0) is 24.1. The molecule has 1 aliphatic carbocycles. The molecule has 0 radical (unpaired) electrons. The predicted molar refractivity (Wildman–Crippen MR) is 131 cm³/mol. The fourth-order valence-electron chi connectivity index (χ4n) is 5.51. The Kier molecular flexibility index (Phi) is 9.19. The number of likely N-dealkylation sites (tertiary alicyclic amines) is 1. The van der Waals surface area contributed by atoms with E-state index in [1.807, 2.05) is 21.6 Å². The highest BCUT2D eigenvalue weighted by molar-refractivity contribution is 5.90. The molecule has 3 aliphatic rings. The molecule has 2 saturated heterocycles. The molecule has 7 nitrogen and oxygen atoms in total. The van der Waals surface area contributed by atoms with Gasteiger partial charge in [0.25, 0.3) is 0 Å². The summed E-state index contributed by atoms with van der Waals surface area (Å²) >= 11 is 0. The molecule has 188 valence electrons. The quantitative estimate of drug-likeness (QED) is 0.542. The van der Waals surface area contributed by atoms with Crippen molar-refractivity contribution >= 4 is 17.7 Å². The van der Waals surface area contributed by atoms with Gasteiger partial charge in [0.05, 0.1) is 6.04 Å². The van der Waals surface area contributed by atoms with Gasteiger partial charge in [-0.1, -0.05) is 26.7 Å². The van der Waals surface area contributed by atoms with Gasteiger partial charge in [0.15, 0.2) is 0 Å². The monoisotopic (exact) mass is 462 g/mol. The highest BCUT2D eigenvalue weighted by atomic mass is 16.2. The molecule has 2 heterocycles. The minimum absolute atomic E-state index is 0.103. The number of carbonyl (C=O) groups excluding carboxylic acids is 3. The minimum Gasteiger partial charge on any atom is -0.341 e. The van der Waals surface area contributed by atoms with E-state index in [0.717, 1.165) is 32.4 Å². The van der Waals surface area contributed by atoms with E-state index in [2.05, 4.69) is 33.0 Å². The van der Waals surface area contributed by atoms with Crippen LogP contribution in [0.5, 0.6) is 0 Å². The Morgan fingerprint density at radius 1 is 1.03 bits per heavy atom. The summed E-state index contributed by atoms with van der Waals surface area (Å²) in [5.41, 5.74) is 0. The first-order valence-corrected chi connectivity index (χ1v) is 13.3. The molecular formula is C26H46N4O3. The Balaban J connectivity index is 1.58. The largest absolute Gasteiger partial charge is 0.341 e. The van der Waals surface area contributed by atoms with Crippen molar-refractivity contribution in [1.29, 1.82) is 0 Å². The SMILES string of the molecule is CCN(C(=O)CC1CCN(C(=O)[C@H](CC(C)C)N2CCN[C@@H](CC3CC3)C2=O)CC1)C(C)C. The van der Waals surface area contributed by atoms with E-state index in [0.29, 0.717) is 50.2 Å². The second-order valence-electron chi connectivity index (χ2n) is 11.1. The first kappa shape index (κ1) is 26.0. The van der Waals surface area contributed by atoms with E-state index in [9.17, 15) is 14.4 Å². The first-order valence-electron chi connectivity index (χ1n) is 13.3. The number of carbonyl (C=O) groups is 3. The maximum absolute atomic E-state index is 13.6. The third-order valence-electron chi connectivity index (χ3n) is 7.62. The maximum Gasteiger partial charge on any atom is 0.245 e. The Labute approximate surface area is 200 Å². The van der Waals surface area contributed by atoms with Crippen molar-refractivity contribution in [2.45, 2.75) is 97.7 Å². The third kappa shape index (κ3) is 6.93. The van der Waals surface area contributed by atoms with Crippen LogP contribution in [0.3, 0.4) is 0 Å². The number of hydrogen-bond donors (Lipinski definition) is 1. The number of piperidine rings is 1. The van der Waals surface area contributed by atoms with E-state index in [1.165, 1.54) is 12.8 Å². The van der Waals surface area contributed by atoms with Crippen molar-refractivity contribution in [2.24, 2.45) is 17.8 Å². The lowest BCUT2D eigenvalue weighted by Gasteiger charge is -2.42. The Morgan fingerprint density at radius 3 is 2.24 bits per heavy atom. The molecule has 7 heteroatoms. The molecule has 0 aromatic heterocycles. The fourth-order valence-corrected chi connectivity index (χ4v) is 5.51. The summed E-state index contributed by atoms with van der Waals surface area (Å²) in [6, 6.07) is -0.273. The Bertz CT molecular complexity index is 683. The molecule has 0 spiro atoms. The number of nitrogens with zero attached hydrogens (tertiary/aromatic N) is 3. The summed E-state index contributed by atoms with van der Waals surface area (Å²) in [6.45, 7) is 13.9. The van der Waals surface area contributed by atoms with E-state index in [4.69, 9.17) is 0 Å². The predicted octanol–water partition coefficient (Wildman–Crippen LogP) is 2.89. The normalized spacial score (nSPS) is 23.4. The molecule has 0 aromatic rings.